The first-order valence-electron chi connectivity index (χ1n) is 9.88. The Morgan fingerprint density at radius 3 is 2.28 bits per heavy atom. The third-order valence-corrected chi connectivity index (χ3v) is 6.06. The van der Waals surface area contributed by atoms with Crippen molar-refractivity contribution < 1.29 is 13.9 Å². The maximum atomic E-state index is 13.8. The van der Waals surface area contributed by atoms with Crippen LogP contribution in [0.5, 0.6) is 5.75 Å². The second-order valence-corrected chi connectivity index (χ2v) is 8.33. The highest BCUT2D eigenvalue weighted by Gasteiger charge is 2.17. The minimum absolute atomic E-state index is 0.156. The van der Waals surface area contributed by atoms with Crippen molar-refractivity contribution >= 4 is 22.8 Å². The van der Waals surface area contributed by atoms with Gasteiger partial charge in [-0.15, -0.1) is 0 Å². The molecule has 0 radical (unpaired) electrons. The van der Waals surface area contributed by atoms with Gasteiger partial charge in [0.15, 0.2) is 0 Å². The molecule has 0 fully saturated rings. The molecule has 1 N–H and O–H groups in total. The molecule has 0 saturated carbocycles. The van der Waals surface area contributed by atoms with Crippen LogP contribution in [0.15, 0.2) is 95.1 Å². The first-order chi connectivity index (χ1) is 15.6. The number of aromatic hydroxyl groups is 1. The molecule has 4 nitrogen and oxygen atoms in total. The smallest absolute Gasteiger partial charge is 0.145 e. The summed E-state index contributed by atoms with van der Waals surface area (Å²) in [4.78, 5) is 10.0. The molecule has 0 aliphatic carbocycles. The number of fused-ring (bicyclic) bond motifs is 1. The Labute approximate surface area is 187 Å². The van der Waals surface area contributed by atoms with Crippen LogP contribution in [0.1, 0.15) is 5.56 Å². The van der Waals surface area contributed by atoms with Crippen molar-refractivity contribution in [1.82, 2.24) is 14.5 Å². The zero-order valence-corrected chi connectivity index (χ0v) is 17.6. The lowest BCUT2D eigenvalue weighted by Crippen LogP contribution is -2.04. The van der Waals surface area contributed by atoms with Crippen molar-refractivity contribution in [3.63, 3.8) is 0 Å². The number of aromatic nitrogens is 3. The van der Waals surface area contributed by atoms with Crippen LogP contribution in [-0.2, 0) is 6.54 Å². The normalized spacial score (nSPS) is 11.2. The van der Waals surface area contributed by atoms with Crippen LogP contribution >= 0.6 is 11.8 Å². The second-order valence-electron chi connectivity index (χ2n) is 7.27. The number of phenols is 1. The minimum Gasteiger partial charge on any atom is -0.508 e. The Balaban J connectivity index is 1.67. The third kappa shape index (κ3) is 4.07. The molecule has 0 atom stereocenters. The van der Waals surface area contributed by atoms with Crippen molar-refractivity contribution in [2.24, 2.45) is 0 Å². The number of nitrogens with zero attached hydrogens (tertiary/aromatic N) is 3. The Kier molecular flexibility index (Phi) is 5.33. The molecule has 5 rings (SSSR count). The SMILES string of the molecule is Oc1ccc(-c2cc3c(Sc4ccccc4)ncnc3n2Cc2cc(F)cc(F)c2)cc1. The molecule has 5 aromatic rings. The van der Waals surface area contributed by atoms with Gasteiger partial charge in [-0.05, 0) is 65.7 Å². The molecule has 2 aromatic heterocycles. The number of benzene rings is 3. The van der Waals surface area contributed by atoms with Crippen molar-refractivity contribution in [3.05, 3.63) is 102 Å². The van der Waals surface area contributed by atoms with Crippen molar-refractivity contribution in [3.8, 4) is 17.0 Å². The number of hydrogen-bond donors (Lipinski definition) is 1. The van der Waals surface area contributed by atoms with Gasteiger partial charge in [-0.25, -0.2) is 18.7 Å². The minimum atomic E-state index is -0.627. The Morgan fingerprint density at radius 2 is 1.56 bits per heavy atom. The second kappa shape index (κ2) is 8.43. The summed E-state index contributed by atoms with van der Waals surface area (Å²) in [6, 6.07) is 22.2. The Hall–Kier alpha value is -3.71. The van der Waals surface area contributed by atoms with E-state index in [0.717, 1.165) is 32.6 Å². The fourth-order valence-corrected chi connectivity index (χ4v) is 4.52. The summed E-state index contributed by atoms with van der Waals surface area (Å²) >= 11 is 1.52. The van der Waals surface area contributed by atoms with E-state index in [9.17, 15) is 13.9 Å². The van der Waals surface area contributed by atoms with Crippen LogP contribution < -0.4 is 0 Å². The Bertz CT molecular complexity index is 1380. The maximum Gasteiger partial charge on any atom is 0.145 e. The molecule has 0 aliphatic rings. The van der Waals surface area contributed by atoms with E-state index in [2.05, 4.69) is 9.97 Å². The van der Waals surface area contributed by atoms with Crippen LogP contribution in [0.4, 0.5) is 8.78 Å². The summed E-state index contributed by atoms with van der Waals surface area (Å²) in [5.74, 6) is -1.10. The van der Waals surface area contributed by atoms with Crippen LogP contribution in [0.25, 0.3) is 22.3 Å². The van der Waals surface area contributed by atoms with E-state index in [4.69, 9.17) is 0 Å². The summed E-state index contributed by atoms with van der Waals surface area (Å²) in [6.45, 7) is 0.223. The zero-order chi connectivity index (χ0) is 22.1. The summed E-state index contributed by atoms with van der Waals surface area (Å²) in [5, 5.41) is 11.3. The lowest BCUT2D eigenvalue weighted by molar-refractivity contribution is 0.475. The fraction of sp³-hybridized carbons (Fsp3) is 0.0400. The first kappa shape index (κ1) is 20.2. The molecule has 0 bridgehead atoms. The summed E-state index contributed by atoms with van der Waals surface area (Å²) in [6.07, 6.45) is 1.50. The average molecular weight is 445 g/mol. The summed E-state index contributed by atoms with van der Waals surface area (Å²) in [7, 11) is 0. The topological polar surface area (TPSA) is 50.9 Å². The third-order valence-electron chi connectivity index (χ3n) is 5.04. The highest BCUT2D eigenvalue weighted by molar-refractivity contribution is 7.99. The quantitative estimate of drug-likeness (QED) is 0.324. The van der Waals surface area contributed by atoms with Gasteiger partial charge in [0.2, 0.25) is 0 Å². The molecule has 3 aromatic carbocycles. The number of rotatable bonds is 5. The van der Waals surface area contributed by atoms with Gasteiger partial charge in [0, 0.05) is 17.5 Å². The van der Waals surface area contributed by atoms with Crippen molar-refractivity contribution in [2.75, 3.05) is 0 Å². The Morgan fingerprint density at radius 1 is 0.844 bits per heavy atom. The van der Waals surface area contributed by atoms with Crippen LogP contribution in [0, 0.1) is 11.6 Å². The zero-order valence-electron chi connectivity index (χ0n) is 16.7. The fourth-order valence-electron chi connectivity index (χ4n) is 3.64. The van der Waals surface area contributed by atoms with Gasteiger partial charge in [-0.2, -0.15) is 0 Å². The molecule has 7 heteroatoms. The van der Waals surface area contributed by atoms with Gasteiger partial charge in [0.05, 0.1) is 11.1 Å². The number of phenolic OH excluding ortho intramolecular Hbond substituents is 1. The van der Waals surface area contributed by atoms with Gasteiger partial charge < -0.3 is 9.67 Å². The van der Waals surface area contributed by atoms with Crippen LogP contribution in [0.3, 0.4) is 0 Å². The first-order valence-corrected chi connectivity index (χ1v) is 10.7. The van der Waals surface area contributed by atoms with E-state index in [1.807, 2.05) is 41.0 Å². The average Bonchev–Trinajstić information content (AvgIpc) is 3.14. The molecular weight excluding hydrogens is 428 g/mol. The maximum absolute atomic E-state index is 13.8. The largest absolute Gasteiger partial charge is 0.508 e. The van der Waals surface area contributed by atoms with Crippen molar-refractivity contribution in [1.29, 1.82) is 0 Å². The predicted octanol–water partition coefficient (Wildman–Crippen LogP) is 6.28. The van der Waals surface area contributed by atoms with E-state index in [1.54, 1.807) is 24.3 Å². The lowest BCUT2D eigenvalue weighted by atomic mass is 10.1. The summed E-state index contributed by atoms with van der Waals surface area (Å²) < 4.78 is 29.6. The number of halogens is 2. The van der Waals surface area contributed by atoms with Gasteiger partial charge >= 0.3 is 0 Å². The standard InChI is InChI=1S/C25H17F2N3OS/c26-18-10-16(11-19(27)12-18)14-30-23(17-6-8-20(31)9-7-17)13-22-24(30)28-15-29-25(22)32-21-4-2-1-3-5-21/h1-13,15,31H,14H2. The van der Waals surface area contributed by atoms with Crippen LogP contribution in [0.2, 0.25) is 0 Å². The predicted molar refractivity (Wildman–Crippen MR) is 121 cm³/mol. The van der Waals surface area contributed by atoms with Gasteiger partial charge in [0.25, 0.3) is 0 Å². The number of hydrogen-bond acceptors (Lipinski definition) is 4. The van der Waals surface area contributed by atoms with E-state index < -0.39 is 11.6 Å². The molecule has 158 valence electrons. The van der Waals surface area contributed by atoms with E-state index in [0.29, 0.717) is 11.2 Å². The summed E-state index contributed by atoms with van der Waals surface area (Å²) in [5.41, 5.74) is 2.79. The van der Waals surface area contributed by atoms with E-state index >= 15 is 0 Å². The monoisotopic (exact) mass is 445 g/mol. The van der Waals surface area contributed by atoms with Gasteiger partial charge in [0.1, 0.15) is 34.4 Å². The van der Waals surface area contributed by atoms with E-state index in [-0.39, 0.29) is 12.3 Å². The van der Waals surface area contributed by atoms with Gasteiger partial charge in [-0.3, -0.25) is 0 Å². The molecule has 2 heterocycles. The molecule has 0 saturated heterocycles. The lowest BCUT2D eigenvalue weighted by Gasteiger charge is -2.11. The highest BCUT2D eigenvalue weighted by atomic mass is 32.2. The van der Waals surface area contributed by atoms with Crippen LogP contribution in [-0.4, -0.2) is 19.6 Å². The molecule has 0 aliphatic heterocycles. The highest BCUT2D eigenvalue weighted by Crippen LogP contribution is 2.36. The molecule has 32 heavy (non-hydrogen) atoms. The van der Waals surface area contributed by atoms with Gasteiger partial charge in [-0.1, -0.05) is 30.0 Å². The molecule has 0 amide bonds. The van der Waals surface area contributed by atoms with E-state index in [1.165, 1.54) is 30.2 Å². The van der Waals surface area contributed by atoms with Crippen molar-refractivity contribution in [2.45, 2.75) is 16.5 Å². The molecular formula is C25H17F2N3OS. The molecule has 0 spiro atoms. The molecule has 0 unspecified atom stereocenters.